The lowest BCUT2D eigenvalue weighted by molar-refractivity contribution is -0.138. The first-order valence-electron chi connectivity index (χ1n) is 4.40. The van der Waals surface area contributed by atoms with Crippen LogP contribution in [-0.4, -0.2) is 19.7 Å². The molecule has 1 aromatic carbocycles. The summed E-state index contributed by atoms with van der Waals surface area (Å²) in [4.78, 5) is 11.1. The van der Waals surface area contributed by atoms with E-state index < -0.39 is 0 Å². The van der Waals surface area contributed by atoms with Gasteiger partial charge >= 0.3 is 5.97 Å². The monoisotopic (exact) mass is 194 g/mol. The summed E-state index contributed by atoms with van der Waals surface area (Å²) in [6.07, 6.45) is 0. The zero-order valence-corrected chi connectivity index (χ0v) is 8.66. The van der Waals surface area contributed by atoms with Crippen LogP contribution in [0.4, 0.5) is 0 Å². The van der Waals surface area contributed by atoms with E-state index in [-0.39, 0.29) is 12.6 Å². The number of hydrogen-bond acceptors (Lipinski definition) is 3. The van der Waals surface area contributed by atoms with Gasteiger partial charge in [0.1, 0.15) is 12.4 Å². The molecule has 0 aliphatic carbocycles. The molecule has 0 heterocycles. The van der Waals surface area contributed by atoms with Crippen LogP contribution in [0, 0.1) is 13.8 Å². The van der Waals surface area contributed by atoms with Crippen molar-refractivity contribution in [1.29, 1.82) is 0 Å². The lowest BCUT2D eigenvalue weighted by atomic mass is 10.1. The van der Waals surface area contributed by atoms with E-state index in [1.165, 1.54) is 12.7 Å². The number of esters is 1. The molecule has 0 saturated heterocycles. The third kappa shape index (κ3) is 2.85. The summed E-state index contributed by atoms with van der Waals surface area (Å²) in [6.45, 7) is 3.96. The van der Waals surface area contributed by atoms with E-state index >= 15 is 0 Å². The van der Waals surface area contributed by atoms with Crippen LogP contribution in [0.5, 0.6) is 5.75 Å². The molecule has 0 N–H and O–H groups in total. The van der Waals surface area contributed by atoms with Gasteiger partial charge < -0.3 is 9.47 Å². The van der Waals surface area contributed by atoms with Gasteiger partial charge in [-0.2, -0.15) is 0 Å². The molecule has 0 aliphatic rings. The van der Waals surface area contributed by atoms with Gasteiger partial charge in [-0.15, -0.1) is 0 Å². The summed E-state index contributed by atoms with van der Waals surface area (Å²) >= 11 is 0. The molecule has 3 nitrogen and oxygen atoms in total. The molecule has 0 fully saturated rings. The summed E-state index contributed by atoms with van der Waals surface area (Å²) in [6, 6.07) is 5.53. The fourth-order valence-corrected chi connectivity index (χ4v) is 1.06. The van der Waals surface area contributed by atoms with E-state index in [0.29, 0.717) is 5.75 Å². The molecule has 1 aromatic rings. The Morgan fingerprint density at radius 3 is 2.57 bits per heavy atom. The molecule has 14 heavy (non-hydrogen) atoms. The Kier molecular flexibility index (Phi) is 3.65. The molecule has 3 heteroatoms. The summed E-state index contributed by atoms with van der Waals surface area (Å²) in [7, 11) is 1.46. The molecule has 0 spiro atoms. The van der Waals surface area contributed by atoms with Crippen LogP contribution in [0.25, 0.3) is 0 Å². The Labute approximate surface area is 83.6 Å². The lowest BCUT2D eigenvalue weighted by Crippen LogP contribution is -2.14. The second-order valence-corrected chi connectivity index (χ2v) is 3.15. The summed E-state index contributed by atoms with van der Waals surface area (Å²) < 4.78 is 9.68. The molecule has 0 radical (unpaired) electrons. The molecule has 0 aromatic heterocycles. The van der Waals surface area contributed by atoms with E-state index in [1.54, 1.807) is 6.07 Å². The highest BCUT2D eigenvalue weighted by atomic mass is 16.6. The van der Waals surface area contributed by atoms with Crippen molar-refractivity contribution < 1.29 is 14.3 Å². The van der Waals surface area contributed by atoms with Gasteiger partial charge in [-0.3, -0.25) is 0 Å². The second-order valence-electron chi connectivity index (χ2n) is 3.15. The first-order chi connectivity index (χ1) is 6.63. The Morgan fingerprint density at radius 1 is 1.29 bits per heavy atom. The van der Waals surface area contributed by atoms with Gasteiger partial charge in [0, 0.05) is 7.11 Å². The number of benzene rings is 1. The highest BCUT2D eigenvalue weighted by Crippen LogP contribution is 2.16. The smallest absolute Gasteiger partial charge is 0.337 e. The zero-order valence-electron chi connectivity index (χ0n) is 8.66. The van der Waals surface area contributed by atoms with Crippen LogP contribution in [0.3, 0.4) is 0 Å². The maximum Gasteiger partial charge on any atom is 0.337 e. The Hall–Kier alpha value is -1.35. The van der Waals surface area contributed by atoms with Crippen molar-refractivity contribution in [2.24, 2.45) is 0 Å². The SMILES string of the molecule is COCC(=O)Oc1ccc(C)c(C)c1. The van der Waals surface area contributed by atoms with Crippen molar-refractivity contribution >= 4 is 5.97 Å². The van der Waals surface area contributed by atoms with Crippen LogP contribution >= 0.6 is 0 Å². The number of ether oxygens (including phenoxy) is 2. The topological polar surface area (TPSA) is 35.5 Å². The minimum Gasteiger partial charge on any atom is -0.425 e. The molecule has 1 rings (SSSR count). The Bertz CT molecular complexity index is 331. The minimum absolute atomic E-state index is 0.0209. The summed E-state index contributed by atoms with van der Waals surface area (Å²) in [5.74, 6) is 0.186. The molecule has 76 valence electrons. The van der Waals surface area contributed by atoms with Crippen LogP contribution in [0.2, 0.25) is 0 Å². The Morgan fingerprint density at radius 2 is 2.00 bits per heavy atom. The standard InChI is InChI=1S/C11H14O3/c1-8-4-5-10(6-9(8)2)14-11(12)7-13-3/h4-6H,7H2,1-3H3. The number of carbonyl (C=O) groups is 1. The highest BCUT2D eigenvalue weighted by molar-refractivity contribution is 5.73. The Balaban J connectivity index is 2.68. The van der Waals surface area contributed by atoms with Crippen molar-refractivity contribution in [3.05, 3.63) is 29.3 Å². The highest BCUT2D eigenvalue weighted by Gasteiger charge is 2.04. The van der Waals surface area contributed by atoms with Gasteiger partial charge in [0.25, 0.3) is 0 Å². The number of methoxy groups -OCH3 is 1. The van der Waals surface area contributed by atoms with Crippen molar-refractivity contribution in [3.63, 3.8) is 0 Å². The van der Waals surface area contributed by atoms with Gasteiger partial charge in [-0.05, 0) is 37.1 Å². The number of hydrogen-bond donors (Lipinski definition) is 0. The van der Waals surface area contributed by atoms with Gasteiger partial charge in [-0.25, -0.2) is 4.79 Å². The van der Waals surface area contributed by atoms with E-state index in [9.17, 15) is 4.79 Å². The molecule has 0 atom stereocenters. The van der Waals surface area contributed by atoms with Crippen molar-refractivity contribution in [2.45, 2.75) is 13.8 Å². The van der Waals surface area contributed by atoms with Crippen LogP contribution < -0.4 is 4.74 Å². The second kappa shape index (κ2) is 4.77. The zero-order chi connectivity index (χ0) is 10.6. The van der Waals surface area contributed by atoms with Crippen molar-refractivity contribution in [1.82, 2.24) is 0 Å². The summed E-state index contributed by atoms with van der Waals surface area (Å²) in [5.41, 5.74) is 2.28. The third-order valence-electron chi connectivity index (χ3n) is 1.97. The van der Waals surface area contributed by atoms with Crippen LogP contribution in [0.15, 0.2) is 18.2 Å². The third-order valence-corrected chi connectivity index (χ3v) is 1.97. The maximum atomic E-state index is 11.1. The first kappa shape index (κ1) is 10.7. The van der Waals surface area contributed by atoms with Crippen molar-refractivity contribution in [2.75, 3.05) is 13.7 Å². The number of aryl methyl sites for hydroxylation is 2. The van der Waals surface area contributed by atoms with E-state index in [2.05, 4.69) is 4.74 Å². The number of rotatable bonds is 3. The van der Waals surface area contributed by atoms with E-state index in [4.69, 9.17) is 4.74 Å². The largest absolute Gasteiger partial charge is 0.425 e. The van der Waals surface area contributed by atoms with Gasteiger partial charge in [0.15, 0.2) is 0 Å². The van der Waals surface area contributed by atoms with Crippen LogP contribution in [0.1, 0.15) is 11.1 Å². The van der Waals surface area contributed by atoms with Crippen molar-refractivity contribution in [3.8, 4) is 5.75 Å². The average molecular weight is 194 g/mol. The molecule has 0 unspecified atom stereocenters. The van der Waals surface area contributed by atoms with Crippen LogP contribution in [-0.2, 0) is 9.53 Å². The predicted molar refractivity (Wildman–Crippen MR) is 53.4 cm³/mol. The molecular formula is C11H14O3. The van der Waals surface area contributed by atoms with E-state index in [0.717, 1.165) is 5.56 Å². The maximum absolute atomic E-state index is 11.1. The normalized spacial score (nSPS) is 9.93. The van der Waals surface area contributed by atoms with Gasteiger partial charge in [-0.1, -0.05) is 6.07 Å². The molecule has 0 amide bonds. The predicted octanol–water partition coefficient (Wildman–Crippen LogP) is 1.86. The molecular weight excluding hydrogens is 180 g/mol. The average Bonchev–Trinajstić information content (AvgIpc) is 2.12. The summed E-state index contributed by atoms with van der Waals surface area (Å²) in [5, 5.41) is 0. The first-order valence-corrected chi connectivity index (χ1v) is 4.40. The number of carbonyl (C=O) groups excluding carboxylic acids is 1. The molecule has 0 bridgehead atoms. The van der Waals surface area contributed by atoms with E-state index in [1.807, 2.05) is 26.0 Å². The lowest BCUT2D eigenvalue weighted by Gasteiger charge is -2.05. The molecule has 0 aliphatic heterocycles. The van der Waals surface area contributed by atoms with Gasteiger partial charge in [0.2, 0.25) is 0 Å². The fourth-order valence-electron chi connectivity index (χ4n) is 1.06. The minimum atomic E-state index is -0.379. The fraction of sp³-hybridized carbons (Fsp3) is 0.364. The van der Waals surface area contributed by atoms with Gasteiger partial charge in [0.05, 0.1) is 0 Å². The molecule has 0 saturated carbocycles. The quantitative estimate of drug-likeness (QED) is 0.544.